The standard InChI is InChI=1S/C15H19ClN2O3/c1-15(8-2-3-9-15)17-14(21)18(10-13(19)20)12-6-4-11(16)5-7-12/h4-7H,2-3,8-10H2,1H3,(H,17,21)(H,19,20). The number of benzene rings is 1. The first-order valence-corrected chi connectivity index (χ1v) is 7.34. The zero-order valence-corrected chi connectivity index (χ0v) is 12.7. The molecule has 1 saturated carbocycles. The Morgan fingerprint density at radius 1 is 1.29 bits per heavy atom. The number of carbonyl (C=O) groups is 2. The van der Waals surface area contributed by atoms with E-state index in [2.05, 4.69) is 5.32 Å². The maximum atomic E-state index is 12.4. The van der Waals surface area contributed by atoms with Gasteiger partial charge in [-0.3, -0.25) is 9.69 Å². The molecular formula is C15H19ClN2O3. The summed E-state index contributed by atoms with van der Waals surface area (Å²) in [6, 6.07) is 6.17. The number of anilines is 1. The molecule has 2 N–H and O–H groups in total. The third-order valence-corrected chi connectivity index (χ3v) is 4.04. The van der Waals surface area contributed by atoms with Crippen molar-refractivity contribution in [2.75, 3.05) is 11.4 Å². The third-order valence-electron chi connectivity index (χ3n) is 3.79. The second-order valence-electron chi connectivity index (χ2n) is 5.65. The van der Waals surface area contributed by atoms with Gasteiger partial charge in [-0.05, 0) is 44.0 Å². The number of amides is 2. The third kappa shape index (κ3) is 4.11. The quantitative estimate of drug-likeness (QED) is 0.896. The van der Waals surface area contributed by atoms with E-state index in [0.29, 0.717) is 10.7 Å². The number of halogens is 1. The van der Waals surface area contributed by atoms with Crippen LogP contribution in [0.5, 0.6) is 0 Å². The summed E-state index contributed by atoms with van der Waals surface area (Å²) in [5, 5.41) is 12.5. The molecule has 6 heteroatoms. The molecule has 0 radical (unpaired) electrons. The number of aliphatic carboxylic acids is 1. The Balaban J connectivity index is 2.16. The average molecular weight is 311 g/mol. The molecule has 1 aliphatic carbocycles. The van der Waals surface area contributed by atoms with Crippen LogP contribution in [0.3, 0.4) is 0 Å². The van der Waals surface area contributed by atoms with Crippen LogP contribution >= 0.6 is 11.6 Å². The Labute approximate surface area is 128 Å². The van der Waals surface area contributed by atoms with Gasteiger partial charge in [0.1, 0.15) is 6.54 Å². The largest absolute Gasteiger partial charge is 0.480 e. The van der Waals surface area contributed by atoms with E-state index in [1.807, 2.05) is 6.92 Å². The Hall–Kier alpha value is -1.75. The number of urea groups is 1. The van der Waals surface area contributed by atoms with Crippen LogP contribution < -0.4 is 10.2 Å². The first-order chi connectivity index (χ1) is 9.89. The van der Waals surface area contributed by atoms with Crippen molar-refractivity contribution >= 4 is 29.3 Å². The zero-order valence-electron chi connectivity index (χ0n) is 11.9. The summed E-state index contributed by atoms with van der Waals surface area (Å²) in [6.07, 6.45) is 3.99. The van der Waals surface area contributed by atoms with Crippen molar-refractivity contribution in [2.45, 2.75) is 38.1 Å². The summed E-state index contributed by atoms with van der Waals surface area (Å²) >= 11 is 5.83. The Bertz CT molecular complexity index is 524. The number of rotatable bonds is 4. The molecule has 0 spiro atoms. The van der Waals surface area contributed by atoms with E-state index < -0.39 is 5.97 Å². The molecule has 2 rings (SSSR count). The highest BCUT2D eigenvalue weighted by atomic mass is 35.5. The fourth-order valence-corrected chi connectivity index (χ4v) is 2.77. The number of hydrogen-bond acceptors (Lipinski definition) is 2. The summed E-state index contributed by atoms with van der Waals surface area (Å²) in [7, 11) is 0. The fraction of sp³-hybridized carbons (Fsp3) is 0.467. The highest BCUT2D eigenvalue weighted by molar-refractivity contribution is 6.30. The van der Waals surface area contributed by atoms with E-state index in [1.165, 1.54) is 4.90 Å². The summed E-state index contributed by atoms with van der Waals surface area (Å²) in [5.74, 6) is -1.06. The van der Waals surface area contributed by atoms with Crippen LogP contribution in [0, 0.1) is 0 Å². The predicted molar refractivity (Wildman–Crippen MR) is 81.8 cm³/mol. The van der Waals surface area contributed by atoms with E-state index in [4.69, 9.17) is 16.7 Å². The lowest BCUT2D eigenvalue weighted by molar-refractivity contribution is -0.135. The molecule has 114 valence electrons. The van der Waals surface area contributed by atoms with Gasteiger partial charge in [-0.15, -0.1) is 0 Å². The van der Waals surface area contributed by atoms with Gasteiger partial charge >= 0.3 is 12.0 Å². The number of carbonyl (C=O) groups excluding carboxylic acids is 1. The van der Waals surface area contributed by atoms with Crippen molar-refractivity contribution in [1.29, 1.82) is 0 Å². The number of nitrogens with one attached hydrogen (secondary N) is 1. The zero-order chi connectivity index (χ0) is 15.5. The van der Waals surface area contributed by atoms with Gasteiger partial charge in [0.15, 0.2) is 0 Å². The Kier molecular flexibility index (Phi) is 4.73. The monoisotopic (exact) mass is 310 g/mol. The van der Waals surface area contributed by atoms with Gasteiger partial charge < -0.3 is 10.4 Å². The van der Waals surface area contributed by atoms with Crippen LogP contribution in [0.1, 0.15) is 32.6 Å². The molecule has 0 bridgehead atoms. The first kappa shape index (κ1) is 15.6. The lowest BCUT2D eigenvalue weighted by Gasteiger charge is -2.30. The number of carboxylic acids is 1. The first-order valence-electron chi connectivity index (χ1n) is 6.97. The number of nitrogens with zero attached hydrogens (tertiary/aromatic N) is 1. The highest BCUT2D eigenvalue weighted by Gasteiger charge is 2.32. The maximum absolute atomic E-state index is 12.4. The van der Waals surface area contributed by atoms with Gasteiger partial charge in [0, 0.05) is 16.2 Å². The van der Waals surface area contributed by atoms with Crippen molar-refractivity contribution in [3.63, 3.8) is 0 Å². The van der Waals surface area contributed by atoms with Gasteiger partial charge in [-0.25, -0.2) is 4.79 Å². The van der Waals surface area contributed by atoms with Crippen LogP contribution in [0.4, 0.5) is 10.5 Å². The molecule has 0 unspecified atom stereocenters. The average Bonchev–Trinajstić information content (AvgIpc) is 2.83. The number of hydrogen-bond donors (Lipinski definition) is 2. The highest BCUT2D eigenvalue weighted by Crippen LogP contribution is 2.29. The van der Waals surface area contributed by atoms with E-state index in [1.54, 1.807) is 24.3 Å². The Morgan fingerprint density at radius 3 is 2.38 bits per heavy atom. The smallest absolute Gasteiger partial charge is 0.323 e. The minimum atomic E-state index is -1.06. The van der Waals surface area contributed by atoms with Gasteiger partial charge in [0.05, 0.1) is 0 Å². The molecule has 1 aromatic carbocycles. The molecule has 5 nitrogen and oxygen atoms in total. The van der Waals surface area contributed by atoms with Crippen LogP contribution in [0.15, 0.2) is 24.3 Å². The second kappa shape index (κ2) is 6.35. The molecular weight excluding hydrogens is 292 g/mol. The molecule has 1 aromatic rings. The van der Waals surface area contributed by atoms with Gasteiger partial charge in [-0.2, -0.15) is 0 Å². The summed E-state index contributed by atoms with van der Waals surface area (Å²) in [6.45, 7) is 1.61. The summed E-state index contributed by atoms with van der Waals surface area (Å²) in [5.41, 5.74) is 0.265. The van der Waals surface area contributed by atoms with Crippen molar-refractivity contribution in [2.24, 2.45) is 0 Å². The Morgan fingerprint density at radius 2 is 1.86 bits per heavy atom. The molecule has 21 heavy (non-hydrogen) atoms. The predicted octanol–water partition coefficient (Wildman–Crippen LogP) is 3.27. The van der Waals surface area contributed by atoms with E-state index in [0.717, 1.165) is 25.7 Å². The van der Waals surface area contributed by atoms with E-state index in [9.17, 15) is 9.59 Å². The minimum Gasteiger partial charge on any atom is -0.480 e. The van der Waals surface area contributed by atoms with Crippen LogP contribution in [-0.4, -0.2) is 29.2 Å². The maximum Gasteiger partial charge on any atom is 0.323 e. The topological polar surface area (TPSA) is 69.6 Å². The van der Waals surface area contributed by atoms with Crippen molar-refractivity contribution in [1.82, 2.24) is 5.32 Å². The van der Waals surface area contributed by atoms with Gasteiger partial charge in [-0.1, -0.05) is 24.4 Å². The van der Waals surface area contributed by atoms with Crippen LogP contribution in [0.25, 0.3) is 0 Å². The molecule has 0 saturated heterocycles. The van der Waals surface area contributed by atoms with E-state index in [-0.39, 0.29) is 18.1 Å². The molecule has 0 atom stereocenters. The summed E-state index contributed by atoms with van der Waals surface area (Å²) < 4.78 is 0. The van der Waals surface area contributed by atoms with Crippen molar-refractivity contribution in [3.05, 3.63) is 29.3 Å². The minimum absolute atomic E-state index is 0.250. The molecule has 1 aliphatic rings. The van der Waals surface area contributed by atoms with Gasteiger partial charge in [0.25, 0.3) is 0 Å². The molecule has 2 amide bonds. The normalized spacial score (nSPS) is 16.5. The van der Waals surface area contributed by atoms with Crippen LogP contribution in [0.2, 0.25) is 5.02 Å². The summed E-state index contributed by atoms with van der Waals surface area (Å²) in [4.78, 5) is 24.7. The molecule has 0 aliphatic heterocycles. The molecule has 0 heterocycles. The fourth-order valence-electron chi connectivity index (χ4n) is 2.64. The lowest BCUT2D eigenvalue weighted by Crippen LogP contribution is -2.51. The van der Waals surface area contributed by atoms with E-state index >= 15 is 0 Å². The van der Waals surface area contributed by atoms with Crippen molar-refractivity contribution < 1.29 is 14.7 Å². The SMILES string of the molecule is CC1(NC(=O)N(CC(=O)O)c2ccc(Cl)cc2)CCCC1. The van der Waals surface area contributed by atoms with Crippen molar-refractivity contribution in [3.8, 4) is 0 Å². The number of carboxylic acid groups (broad SMARTS) is 1. The molecule has 0 aromatic heterocycles. The lowest BCUT2D eigenvalue weighted by atomic mass is 10.0. The second-order valence-corrected chi connectivity index (χ2v) is 6.09. The molecule has 1 fully saturated rings. The van der Waals surface area contributed by atoms with Crippen LogP contribution in [-0.2, 0) is 4.79 Å². The van der Waals surface area contributed by atoms with Gasteiger partial charge in [0.2, 0.25) is 0 Å².